The molecule has 156 valence electrons. The fourth-order valence-corrected chi connectivity index (χ4v) is 5.14. The third-order valence-electron chi connectivity index (χ3n) is 6.68. The van der Waals surface area contributed by atoms with Crippen LogP contribution in [0, 0.1) is 5.92 Å². The van der Waals surface area contributed by atoms with E-state index in [2.05, 4.69) is 28.9 Å². The second-order valence-corrected chi connectivity index (χ2v) is 8.76. The SMILES string of the molecule is C=C1CCC(c2ccccc2)(C2CCN(Cc3ccc(C(=O)Cl)cc3)CC2)C(=O)N1. The first-order valence-electron chi connectivity index (χ1n) is 10.5. The molecule has 1 N–H and O–H groups in total. The predicted octanol–water partition coefficient (Wildman–Crippen LogP) is 4.64. The van der Waals surface area contributed by atoms with Crippen LogP contribution in [0.3, 0.4) is 0 Å². The number of hydrogen-bond donors (Lipinski definition) is 1. The van der Waals surface area contributed by atoms with E-state index in [0.717, 1.165) is 56.6 Å². The minimum Gasteiger partial charge on any atom is -0.330 e. The summed E-state index contributed by atoms with van der Waals surface area (Å²) in [6, 6.07) is 17.7. The first-order chi connectivity index (χ1) is 14.5. The number of likely N-dealkylation sites (tertiary alicyclic amines) is 1. The van der Waals surface area contributed by atoms with Crippen molar-refractivity contribution in [3.05, 3.63) is 83.6 Å². The van der Waals surface area contributed by atoms with Crippen LogP contribution in [0.15, 0.2) is 66.9 Å². The molecule has 2 aliphatic rings. The molecule has 0 aromatic heterocycles. The van der Waals surface area contributed by atoms with Crippen molar-refractivity contribution in [2.75, 3.05) is 13.1 Å². The maximum absolute atomic E-state index is 13.3. The minimum atomic E-state index is -0.475. The summed E-state index contributed by atoms with van der Waals surface area (Å²) in [5.74, 6) is 0.408. The Morgan fingerprint density at radius 1 is 1.10 bits per heavy atom. The minimum absolute atomic E-state index is 0.102. The molecule has 0 spiro atoms. The lowest BCUT2D eigenvalue weighted by Gasteiger charge is -2.46. The van der Waals surface area contributed by atoms with E-state index in [9.17, 15) is 9.59 Å². The molecule has 2 heterocycles. The van der Waals surface area contributed by atoms with Crippen LogP contribution in [-0.4, -0.2) is 29.1 Å². The highest BCUT2D eigenvalue weighted by molar-refractivity contribution is 6.67. The summed E-state index contributed by atoms with van der Waals surface area (Å²) in [5.41, 5.74) is 3.16. The Morgan fingerprint density at radius 3 is 2.37 bits per heavy atom. The van der Waals surface area contributed by atoms with Crippen LogP contribution in [0.25, 0.3) is 0 Å². The van der Waals surface area contributed by atoms with Crippen molar-refractivity contribution in [2.24, 2.45) is 5.92 Å². The molecule has 2 fully saturated rings. The molecule has 4 rings (SSSR count). The van der Waals surface area contributed by atoms with Gasteiger partial charge in [-0.05, 0) is 79.6 Å². The third-order valence-corrected chi connectivity index (χ3v) is 6.90. The van der Waals surface area contributed by atoms with E-state index in [1.165, 1.54) is 5.56 Å². The number of halogens is 1. The summed E-state index contributed by atoms with van der Waals surface area (Å²) >= 11 is 5.53. The standard InChI is InChI=1S/C25H27ClN2O2/c1-18-11-14-25(24(30)27-18,21-5-3-2-4-6-21)22-12-15-28(16-13-22)17-19-7-9-20(10-8-19)23(26)29/h2-10,22H,1,11-17H2,(H,27,30). The molecule has 0 bridgehead atoms. The molecule has 1 atom stereocenters. The lowest BCUT2D eigenvalue weighted by atomic mass is 9.62. The third kappa shape index (κ3) is 4.07. The fourth-order valence-electron chi connectivity index (χ4n) is 5.02. The number of benzene rings is 2. The van der Waals surface area contributed by atoms with Gasteiger partial charge in [0.1, 0.15) is 0 Å². The van der Waals surface area contributed by atoms with E-state index in [1.807, 2.05) is 30.3 Å². The van der Waals surface area contributed by atoms with Crippen LogP contribution in [0.4, 0.5) is 0 Å². The lowest BCUT2D eigenvalue weighted by Crippen LogP contribution is -2.54. The van der Waals surface area contributed by atoms with Crippen LogP contribution in [0.1, 0.15) is 47.2 Å². The molecule has 0 aliphatic carbocycles. The van der Waals surface area contributed by atoms with Crippen molar-refractivity contribution in [2.45, 2.75) is 37.6 Å². The summed E-state index contributed by atoms with van der Waals surface area (Å²) in [6.07, 6.45) is 3.60. The molecule has 30 heavy (non-hydrogen) atoms. The van der Waals surface area contributed by atoms with E-state index in [0.29, 0.717) is 11.5 Å². The first-order valence-corrected chi connectivity index (χ1v) is 10.9. The second kappa shape index (κ2) is 8.75. The number of amides is 1. The highest BCUT2D eigenvalue weighted by Crippen LogP contribution is 2.45. The van der Waals surface area contributed by atoms with Crippen molar-refractivity contribution in [1.82, 2.24) is 10.2 Å². The average molecular weight is 423 g/mol. The summed E-state index contributed by atoms with van der Waals surface area (Å²) < 4.78 is 0. The number of piperidine rings is 2. The Hall–Kier alpha value is -2.43. The zero-order valence-electron chi connectivity index (χ0n) is 17.1. The molecule has 4 nitrogen and oxygen atoms in total. The van der Waals surface area contributed by atoms with E-state index in [-0.39, 0.29) is 5.91 Å². The second-order valence-electron chi connectivity index (χ2n) is 8.42. The Kier molecular flexibility index (Phi) is 6.07. The van der Waals surface area contributed by atoms with Gasteiger partial charge < -0.3 is 5.32 Å². The van der Waals surface area contributed by atoms with E-state index in [4.69, 9.17) is 11.6 Å². The Labute approximate surface area is 182 Å². The van der Waals surface area contributed by atoms with Crippen LogP contribution >= 0.6 is 11.6 Å². The zero-order chi connectivity index (χ0) is 21.1. The largest absolute Gasteiger partial charge is 0.330 e. The van der Waals surface area contributed by atoms with Crippen LogP contribution in [-0.2, 0) is 16.8 Å². The van der Waals surface area contributed by atoms with Crippen molar-refractivity contribution >= 4 is 22.8 Å². The molecular formula is C25H27ClN2O2. The predicted molar refractivity (Wildman–Crippen MR) is 119 cm³/mol. The van der Waals surface area contributed by atoms with Gasteiger partial charge >= 0.3 is 0 Å². The average Bonchev–Trinajstić information content (AvgIpc) is 2.76. The van der Waals surface area contributed by atoms with Crippen LogP contribution < -0.4 is 5.32 Å². The highest BCUT2D eigenvalue weighted by Gasteiger charge is 2.49. The summed E-state index contributed by atoms with van der Waals surface area (Å²) in [5, 5.41) is 2.62. The lowest BCUT2D eigenvalue weighted by molar-refractivity contribution is -0.131. The summed E-state index contributed by atoms with van der Waals surface area (Å²) in [7, 11) is 0. The van der Waals surface area contributed by atoms with Gasteiger partial charge in [0.05, 0.1) is 5.41 Å². The number of carbonyl (C=O) groups is 2. The Balaban J connectivity index is 1.47. The van der Waals surface area contributed by atoms with E-state index in [1.54, 1.807) is 12.1 Å². The number of nitrogens with zero attached hydrogens (tertiary/aromatic N) is 1. The fraction of sp³-hybridized carbons (Fsp3) is 0.360. The Bertz CT molecular complexity index is 933. The van der Waals surface area contributed by atoms with E-state index < -0.39 is 10.7 Å². The van der Waals surface area contributed by atoms with Crippen molar-refractivity contribution < 1.29 is 9.59 Å². The highest BCUT2D eigenvalue weighted by atomic mass is 35.5. The molecule has 1 unspecified atom stereocenters. The number of rotatable bonds is 5. The number of carbonyl (C=O) groups excluding carboxylic acids is 2. The van der Waals surface area contributed by atoms with Crippen LogP contribution in [0.5, 0.6) is 0 Å². The molecule has 5 heteroatoms. The normalized spacial score (nSPS) is 23.2. The maximum Gasteiger partial charge on any atom is 0.252 e. The monoisotopic (exact) mass is 422 g/mol. The summed E-state index contributed by atoms with van der Waals surface area (Å²) in [6.45, 7) is 6.71. The first kappa shape index (κ1) is 20.8. The number of hydrogen-bond acceptors (Lipinski definition) is 3. The van der Waals surface area contributed by atoms with Gasteiger partial charge in [-0.25, -0.2) is 0 Å². The zero-order valence-corrected chi connectivity index (χ0v) is 17.8. The maximum atomic E-state index is 13.3. The van der Waals surface area contributed by atoms with Gasteiger partial charge in [0.25, 0.3) is 5.24 Å². The molecule has 2 aromatic carbocycles. The molecule has 2 aromatic rings. The molecule has 2 aliphatic heterocycles. The quantitative estimate of drug-likeness (QED) is 0.714. The van der Waals surface area contributed by atoms with Gasteiger partial charge in [-0.1, -0.05) is 49.0 Å². The van der Waals surface area contributed by atoms with Gasteiger partial charge in [-0.3, -0.25) is 14.5 Å². The van der Waals surface area contributed by atoms with Crippen LogP contribution in [0.2, 0.25) is 0 Å². The van der Waals surface area contributed by atoms with Gasteiger partial charge in [0.15, 0.2) is 0 Å². The molecule has 0 radical (unpaired) electrons. The topological polar surface area (TPSA) is 49.4 Å². The Morgan fingerprint density at radius 2 is 1.77 bits per heavy atom. The van der Waals surface area contributed by atoms with Gasteiger partial charge in [-0.2, -0.15) is 0 Å². The van der Waals surface area contributed by atoms with Crippen molar-refractivity contribution in [1.29, 1.82) is 0 Å². The number of allylic oxidation sites excluding steroid dienone is 1. The molecule has 0 saturated carbocycles. The molecule has 1 amide bonds. The van der Waals surface area contributed by atoms with Gasteiger partial charge in [0.2, 0.25) is 5.91 Å². The van der Waals surface area contributed by atoms with Crippen molar-refractivity contribution in [3.63, 3.8) is 0 Å². The molecule has 2 saturated heterocycles. The van der Waals surface area contributed by atoms with E-state index >= 15 is 0 Å². The number of nitrogens with one attached hydrogen (secondary N) is 1. The smallest absolute Gasteiger partial charge is 0.252 e. The van der Waals surface area contributed by atoms with Gasteiger partial charge in [0, 0.05) is 17.8 Å². The van der Waals surface area contributed by atoms with Crippen molar-refractivity contribution in [3.8, 4) is 0 Å². The summed E-state index contributed by atoms with van der Waals surface area (Å²) in [4.78, 5) is 26.9. The van der Waals surface area contributed by atoms with Gasteiger partial charge in [-0.15, -0.1) is 0 Å². The molecular weight excluding hydrogens is 396 g/mol.